The third-order valence-electron chi connectivity index (χ3n) is 4.19. The minimum atomic E-state index is 0.719. The Kier molecular flexibility index (Phi) is 3.62. The van der Waals surface area contributed by atoms with Crippen molar-refractivity contribution in [3.05, 3.63) is 29.6 Å². The first-order chi connectivity index (χ1) is 8.83. The van der Waals surface area contributed by atoms with Gasteiger partial charge in [0.25, 0.3) is 0 Å². The van der Waals surface area contributed by atoms with E-state index in [4.69, 9.17) is 0 Å². The van der Waals surface area contributed by atoms with Crippen LogP contribution in [0, 0.1) is 12.8 Å². The van der Waals surface area contributed by atoms with E-state index in [0.29, 0.717) is 0 Å². The van der Waals surface area contributed by atoms with Gasteiger partial charge in [-0.15, -0.1) is 0 Å². The Bertz CT molecular complexity index is 400. The molecule has 18 heavy (non-hydrogen) atoms. The van der Waals surface area contributed by atoms with Crippen LogP contribution in [-0.2, 0) is 6.54 Å². The molecule has 0 aromatic carbocycles. The van der Waals surface area contributed by atoms with E-state index in [1.165, 1.54) is 50.2 Å². The Balaban J connectivity index is 1.65. The molecular weight excluding hydrogens is 222 g/mol. The normalized spacial score (nSPS) is 25.9. The largest absolute Gasteiger partial charge is 0.312 e. The average Bonchev–Trinajstić information content (AvgIpc) is 3.18. The van der Waals surface area contributed by atoms with Crippen LogP contribution >= 0.6 is 0 Å². The standard InChI is InChI=1S/C15H23N3/c1-12-4-2-7-16-14(12)10-18-9-3-8-17-15(11-18)13-5-6-13/h2,4,7,13,15,17H,3,5-6,8-11H2,1H3. The third kappa shape index (κ3) is 2.90. The quantitative estimate of drug-likeness (QED) is 0.882. The monoisotopic (exact) mass is 245 g/mol. The minimum Gasteiger partial charge on any atom is -0.312 e. The molecule has 0 bridgehead atoms. The van der Waals surface area contributed by atoms with Crippen LogP contribution in [0.2, 0.25) is 0 Å². The molecule has 1 N–H and O–H groups in total. The lowest BCUT2D eigenvalue weighted by Gasteiger charge is -2.24. The predicted molar refractivity (Wildman–Crippen MR) is 73.4 cm³/mol. The highest BCUT2D eigenvalue weighted by Gasteiger charge is 2.33. The molecule has 1 aromatic rings. The van der Waals surface area contributed by atoms with E-state index in [0.717, 1.165) is 18.5 Å². The topological polar surface area (TPSA) is 28.2 Å². The molecule has 1 atom stereocenters. The summed E-state index contributed by atoms with van der Waals surface area (Å²) in [6, 6.07) is 4.91. The third-order valence-corrected chi connectivity index (χ3v) is 4.19. The molecule has 1 unspecified atom stereocenters. The number of nitrogens with one attached hydrogen (secondary N) is 1. The molecule has 0 spiro atoms. The van der Waals surface area contributed by atoms with E-state index in [9.17, 15) is 0 Å². The molecule has 3 heteroatoms. The van der Waals surface area contributed by atoms with Crippen LogP contribution in [0.25, 0.3) is 0 Å². The fourth-order valence-corrected chi connectivity index (χ4v) is 2.88. The van der Waals surface area contributed by atoms with Crippen LogP contribution in [-0.4, -0.2) is 35.6 Å². The lowest BCUT2D eigenvalue weighted by molar-refractivity contribution is 0.247. The average molecular weight is 245 g/mol. The van der Waals surface area contributed by atoms with E-state index >= 15 is 0 Å². The van der Waals surface area contributed by atoms with Gasteiger partial charge in [0.1, 0.15) is 0 Å². The Labute approximate surface area is 110 Å². The molecule has 0 amide bonds. The number of pyridine rings is 1. The smallest absolute Gasteiger partial charge is 0.0573 e. The van der Waals surface area contributed by atoms with Gasteiger partial charge in [-0.3, -0.25) is 9.88 Å². The van der Waals surface area contributed by atoms with E-state index < -0.39 is 0 Å². The summed E-state index contributed by atoms with van der Waals surface area (Å²) in [6.07, 6.45) is 6.02. The molecule has 0 radical (unpaired) electrons. The predicted octanol–water partition coefficient (Wildman–Crippen LogP) is 1.96. The van der Waals surface area contributed by atoms with Gasteiger partial charge in [0, 0.05) is 25.3 Å². The summed E-state index contributed by atoms with van der Waals surface area (Å²) in [7, 11) is 0. The summed E-state index contributed by atoms with van der Waals surface area (Å²) in [5, 5.41) is 3.71. The molecule has 3 rings (SSSR count). The van der Waals surface area contributed by atoms with Crippen molar-refractivity contribution in [3.63, 3.8) is 0 Å². The van der Waals surface area contributed by atoms with Crippen molar-refractivity contribution in [3.8, 4) is 0 Å². The fourth-order valence-electron chi connectivity index (χ4n) is 2.88. The van der Waals surface area contributed by atoms with Gasteiger partial charge in [-0.2, -0.15) is 0 Å². The van der Waals surface area contributed by atoms with E-state index in [2.05, 4.69) is 28.2 Å². The van der Waals surface area contributed by atoms with Gasteiger partial charge in [0.2, 0.25) is 0 Å². The van der Waals surface area contributed by atoms with Gasteiger partial charge >= 0.3 is 0 Å². The summed E-state index contributed by atoms with van der Waals surface area (Å²) in [4.78, 5) is 7.11. The van der Waals surface area contributed by atoms with Crippen molar-refractivity contribution in [1.82, 2.24) is 15.2 Å². The first-order valence-corrected chi connectivity index (χ1v) is 7.19. The van der Waals surface area contributed by atoms with E-state index in [1.54, 1.807) is 0 Å². The van der Waals surface area contributed by atoms with Gasteiger partial charge in [-0.25, -0.2) is 0 Å². The molecule has 2 heterocycles. The minimum absolute atomic E-state index is 0.719. The van der Waals surface area contributed by atoms with Crippen molar-refractivity contribution >= 4 is 0 Å². The highest BCUT2D eigenvalue weighted by atomic mass is 15.2. The van der Waals surface area contributed by atoms with Gasteiger partial charge in [0.05, 0.1) is 5.69 Å². The lowest BCUT2D eigenvalue weighted by atomic mass is 10.1. The Morgan fingerprint density at radius 1 is 1.44 bits per heavy atom. The van der Waals surface area contributed by atoms with Gasteiger partial charge in [-0.1, -0.05) is 6.07 Å². The number of hydrogen-bond acceptors (Lipinski definition) is 3. The number of aromatic nitrogens is 1. The molecule has 1 aliphatic carbocycles. The van der Waals surface area contributed by atoms with Crippen LogP contribution in [0.5, 0.6) is 0 Å². The first-order valence-electron chi connectivity index (χ1n) is 7.19. The Morgan fingerprint density at radius 3 is 3.11 bits per heavy atom. The SMILES string of the molecule is Cc1cccnc1CN1CCCNC(C2CC2)C1. The number of hydrogen-bond donors (Lipinski definition) is 1. The molecule has 1 aromatic heterocycles. The number of nitrogens with zero attached hydrogens (tertiary/aromatic N) is 2. The lowest BCUT2D eigenvalue weighted by Crippen LogP contribution is -2.39. The van der Waals surface area contributed by atoms with Crippen molar-refractivity contribution in [1.29, 1.82) is 0 Å². The Hall–Kier alpha value is -0.930. The van der Waals surface area contributed by atoms with Crippen LogP contribution in [0.1, 0.15) is 30.5 Å². The maximum absolute atomic E-state index is 4.53. The van der Waals surface area contributed by atoms with Gasteiger partial charge in [0.15, 0.2) is 0 Å². The summed E-state index contributed by atoms with van der Waals surface area (Å²) >= 11 is 0. The summed E-state index contributed by atoms with van der Waals surface area (Å²) in [6.45, 7) is 6.75. The molecule has 3 nitrogen and oxygen atoms in total. The maximum Gasteiger partial charge on any atom is 0.0573 e. The second-order valence-corrected chi connectivity index (χ2v) is 5.75. The van der Waals surface area contributed by atoms with Gasteiger partial charge < -0.3 is 5.32 Å². The highest BCUT2D eigenvalue weighted by molar-refractivity contribution is 5.17. The maximum atomic E-state index is 4.53. The van der Waals surface area contributed by atoms with Crippen molar-refractivity contribution in [2.45, 2.75) is 38.8 Å². The molecule has 1 aliphatic heterocycles. The van der Waals surface area contributed by atoms with E-state index in [1.807, 2.05) is 12.3 Å². The molecule has 1 saturated carbocycles. The number of aryl methyl sites for hydroxylation is 1. The Morgan fingerprint density at radius 2 is 2.33 bits per heavy atom. The number of rotatable bonds is 3. The second kappa shape index (κ2) is 5.37. The van der Waals surface area contributed by atoms with Crippen LogP contribution < -0.4 is 5.32 Å². The van der Waals surface area contributed by atoms with Crippen LogP contribution in [0.3, 0.4) is 0 Å². The zero-order valence-electron chi connectivity index (χ0n) is 11.2. The van der Waals surface area contributed by atoms with Crippen LogP contribution in [0.15, 0.2) is 18.3 Å². The van der Waals surface area contributed by atoms with Crippen LogP contribution in [0.4, 0.5) is 0 Å². The van der Waals surface area contributed by atoms with Crippen molar-refractivity contribution in [2.24, 2.45) is 5.92 Å². The first kappa shape index (κ1) is 12.1. The second-order valence-electron chi connectivity index (χ2n) is 5.75. The summed E-state index contributed by atoms with van der Waals surface area (Å²) in [5.41, 5.74) is 2.56. The molecular formula is C15H23N3. The molecule has 1 saturated heterocycles. The molecule has 2 aliphatic rings. The summed E-state index contributed by atoms with van der Waals surface area (Å²) in [5.74, 6) is 0.940. The molecule has 2 fully saturated rings. The van der Waals surface area contributed by atoms with Crippen molar-refractivity contribution < 1.29 is 0 Å². The van der Waals surface area contributed by atoms with Gasteiger partial charge in [-0.05, 0) is 56.8 Å². The fraction of sp³-hybridized carbons (Fsp3) is 0.667. The zero-order valence-corrected chi connectivity index (χ0v) is 11.2. The highest BCUT2D eigenvalue weighted by Crippen LogP contribution is 2.33. The zero-order chi connectivity index (χ0) is 12.4. The summed E-state index contributed by atoms with van der Waals surface area (Å²) < 4.78 is 0. The van der Waals surface area contributed by atoms with Crippen molar-refractivity contribution in [2.75, 3.05) is 19.6 Å². The molecule has 98 valence electrons. The van der Waals surface area contributed by atoms with E-state index in [-0.39, 0.29) is 0 Å².